The minimum absolute atomic E-state index is 0.0900. The summed E-state index contributed by atoms with van der Waals surface area (Å²) < 4.78 is 41.3. The van der Waals surface area contributed by atoms with Gasteiger partial charge in [-0.2, -0.15) is 0 Å². The van der Waals surface area contributed by atoms with Crippen molar-refractivity contribution in [3.8, 4) is 27.0 Å². The molecule has 1 N–H and O–H groups in total. The quantitative estimate of drug-likeness (QED) is 0.148. The van der Waals surface area contributed by atoms with Gasteiger partial charge in [-0.25, -0.2) is 0 Å². The summed E-state index contributed by atoms with van der Waals surface area (Å²) in [6.45, 7) is 3.87. The zero-order valence-electron chi connectivity index (χ0n) is 21.4. The van der Waals surface area contributed by atoms with Crippen LogP contribution in [0, 0.1) is 13.8 Å². The molecule has 1 heterocycles. The number of nitrogens with zero attached hydrogens (tertiary/aromatic N) is 1. The average molecular weight is 609 g/mol. The third-order valence-corrected chi connectivity index (χ3v) is 10.8. The van der Waals surface area contributed by atoms with Crippen LogP contribution in [0.5, 0.6) is 5.75 Å². The topological polar surface area (TPSA) is 33.1 Å². The van der Waals surface area contributed by atoms with Crippen LogP contribution in [0.1, 0.15) is 32.1 Å². The molecule has 0 spiro atoms. The van der Waals surface area contributed by atoms with Crippen LogP contribution in [0.3, 0.4) is 0 Å². The molecule has 2 nitrogen and oxygen atoms in total. The third-order valence-electron chi connectivity index (χ3n) is 6.51. The molecule has 198 valence electrons. The number of aromatic nitrogens is 1. The number of aromatic hydroxyl groups is 1. The van der Waals surface area contributed by atoms with Gasteiger partial charge in [0.25, 0.3) is 0 Å². The first-order chi connectivity index (χ1) is 18.7. The molecule has 0 radical (unpaired) electrons. The molecule has 0 aliphatic heterocycles. The minimum atomic E-state index is -4.36. The summed E-state index contributed by atoms with van der Waals surface area (Å²) in [5, 5.41) is 10.1. The van der Waals surface area contributed by atoms with Crippen molar-refractivity contribution in [3.63, 3.8) is 0 Å². The van der Waals surface area contributed by atoms with Gasteiger partial charge in [-0.15, -0.1) is 0 Å². The second kappa shape index (κ2) is 11.5. The van der Waals surface area contributed by atoms with Gasteiger partial charge in [-0.3, -0.25) is 0 Å². The predicted molar refractivity (Wildman–Crippen MR) is 153 cm³/mol. The fourth-order valence-electron chi connectivity index (χ4n) is 4.36. The van der Waals surface area contributed by atoms with E-state index in [4.69, 9.17) is 4.98 Å². The Bertz CT molecular complexity index is 1560. The molecular formula is C32H26F3NOSSe. The summed E-state index contributed by atoms with van der Waals surface area (Å²) >= 11 is 1.61. The Labute approximate surface area is 236 Å². The Kier molecular flexibility index (Phi) is 8.03. The molecular weight excluding hydrogens is 582 g/mol. The van der Waals surface area contributed by atoms with E-state index in [1.54, 1.807) is 17.8 Å². The van der Waals surface area contributed by atoms with E-state index in [0.29, 0.717) is 0 Å². The van der Waals surface area contributed by atoms with E-state index < -0.39 is 11.7 Å². The van der Waals surface area contributed by atoms with Crippen molar-refractivity contribution < 1.29 is 18.3 Å². The Morgan fingerprint density at radius 1 is 0.821 bits per heavy atom. The summed E-state index contributed by atoms with van der Waals surface area (Å²) in [7, 11) is 0. The number of alkyl halides is 3. The molecule has 0 aliphatic carbocycles. The molecule has 0 fully saturated rings. The monoisotopic (exact) mass is 609 g/mol. The van der Waals surface area contributed by atoms with Gasteiger partial charge in [0.2, 0.25) is 0 Å². The number of hydrogen-bond donors (Lipinski definition) is 1. The maximum atomic E-state index is 13.1. The number of hydrogen-bond acceptors (Lipinski definition) is 3. The number of phenols is 1. The molecule has 4 aromatic carbocycles. The van der Waals surface area contributed by atoms with Crippen molar-refractivity contribution in [1.29, 1.82) is 0 Å². The molecule has 0 aliphatic rings. The molecule has 5 rings (SSSR count). The van der Waals surface area contributed by atoms with Gasteiger partial charge in [0, 0.05) is 0 Å². The Hall–Kier alpha value is -3.25. The zero-order chi connectivity index (χ0) is 27.6. The van der Waals surface area contributed by atoms with Crippen molar-refractivity contribution in [2.45, 2.75) is 36.6 Å². The van der Waals surface area contributed by atoms with E-state index in [1.165, 1.54) is 27.7 Å². The molecule has 1 aromatic heterocycles. The van der Waals surface area contributed by atoms with E-state index >= 15 is 0 Å². The Morgan fingerprint density at radius 3 is 2.10 bits per heavy atom. The first-order valence-electron chi connectivity index (χ1n) is 12.4. The Balaban J connectivity index is 1.46. The number of halogens is 3. The van der Waals surface area contributed by atoms with E-state index in [0.717, 1.165) is 50.4 Å². The maximum absolute atomic E-state index is 13.1. The standard InChI is InChI=1S/C32H26F3NOSSe/c1-20-18-27(16-17-28(20)37)38-29(19-22-8-10-24(11-9-22)23-6-4-3-5-7-23)30-21(2)36-31(39-30)25-12-14-26(15-13-25)32(33,34)35/h3-18,29,37H,19H2,1-2H3. The molecule has 0 bridgehead atoms. The number of phenolic OH excluding ortho intramolecular Hbond substituents is 1. The van der Waals surface area contributed by atoms with Crippen LogP contribution in [-0.4, -0.2) is 24.6 Å². The van der Waals surface area contributed by atoms with Gasteiger partial charge < -0.3 is 0 Å². The van der Waals surface area contributed by atoms with Gasteiger partial charge in [0.1, 0.15) is 0 Å². The van der Waals surface area contributed by atoms with Crippen LogP contribution < -0.4 is 0 Å². The van der Waals surface area contributed by atoms with Crippen LogP contribution >= 0.6 is 11.8 Å². The van der Waals surface area contributed by atoms with Crippen LogP contribution in [0.2, 0.25) is 0 Å². The van der Waals surface area contributed by atoms with Gasteiger partial charge in [0.05, 0.1) is 0 Å². The normalized spacial score (nSPS) is 12.4. The van der Waals surface area contributed by atoms with Crippen LogP contribution in [0.15, 0.2) is 102 Å². The predicted octanol–water partition coefficient (Wildman–Crippen LogP) is 8.89. The van der Waals surface area contributed by atoms with Gasteiger partial charge in [-0.1, -0.05) is 0 Å². The summed E-state index contributed by atoms with van der Waals surface area (Å²) in [5.41, 5.74) is 5.34. The number of thioether (sulfide) groups is 1. The summed E-state index contributed by atoms with van der Waals surface area (Å²) in [6.07, 6.45) is -3.58. The van der Waals surface area contributed by atoms with Crippen LogP contribution in [-0.2, 0) is 12.6 Å². The fourth-order valence-corrected chi connectivity index (χ4v) is 8.40. The molecule has 1 unspecified atom stereocenters. The van der Waals surface area contributed by atoms with E-state index in [-0.39, 0.29) is 25.5 Å². The summed E-state index contributed by atoms with van der Waals surface area (Å²) in [5.74, 6) is 0.265. The van der Waals surface area contributed by atoms with Crippen molar-refractivity contribution in [2.24, 2.45) is 0 Å². The van der Waals surface area contributed by atoms with Gasteiger partial charge in [0.15, 0.2) is 0 Å². The molecule has 0 saturated carbocycles. The fraction of sp³-hybridized carbons (Fsp3) is 0.156. The van der Waals surface area contributed by atoms with Gasteiger partial charge >= 0.3 is 237 Å². The SMILES string of the molecule is Cc1cc(SC(Cc2ccc(-c3ccccc3)cc2)c2[se]c(-c3ccc(C(F)(F)F)cc3)nc2C)ccc1O. The van der Waals surface area contributed by atoms with Crippen molar-refractivity contribution in [3.05, 3.63) is 124 Å². The first-order valence-corrected chi connectivity index (χ1v) is 15.0. The van der Waals surface area contributed by atoms with E-state index in [9.17, 15) is 18.3 Å². The van der Waals surface area contributed by atoms with Crippen molar-refractivity contribution >= 4 is 26.3 Å². The zero-order valence-corrected chi connectivity index (χ0v) is 23.9. The molecule has 0 amide bonds. The third kappa shape index (κ3) is 6.50. The van der Waals surface area contributed by atoms with Gasteiger partial charge in [-0.05, 0) is 0 Å². The van der Waals surface area contributed by atoms with Crippen molar-refractivity contribution in [1.82, 2.24) is 4.98 Å². The summed E-state index contributed by atoms with van der Waals surface area (Å²) in [4.78, 5) is 5.86. The number of rotatable bonds is 7. The first kappa shape index (κ1) is 27.3. The second-order valence-electron chi connectivity index (χ2n) is 9.37. The molecule has 39 heavy (non-hydrogen) atoms. The Morgan fingerprint density at radius 2 is 1.46 bits per heavy atom. The molecule has 1 atom stereocenters. The molecule has 7 heteroatoms. The number of benzene rings is 4. The van der Waals surface area contributed by atoms with Crippen molar-refractivity contribution in [2.75, 3.05) is 0 Å². The van der Waals surface area contributed by atoms with E-state index in [2.05, 4.69) is 36.4 Å². The molecule has 5 aromatic rings. The van der Waals surface area contributed by atoms with Crippen LogP contribution in [0.4, 0.5) is 13.2 Å². The van der Waals surface area contributed by atoms with Crippen LogP contribution in [0.25, 0.3) is 21.3 Å². The average Bonchev–Trinajstić information content (AvgIpc) is 3.32. The number of aryl methyl sites for hydroxylation is 2. The second-order valence-corrected chi connectivity index (χ2v) is 12.8. The summed E-state index contributed by atoms with van der Waals surface area (Å²) in [6, 6.07) is 29.8. The molecule has 0 saturated heterocycles. The van der Waals surface area contributed by atoms with E-state index in [1.807, 2.05) is 44.2 Å².